The Balaban J connectivity index is 1.42. The first-order valence-corrected chi connectivity index (χ1v) is 7.79. The fourth-order valence-electron chi connectivity index (χ4n) is 2.16. The number of likely N-dealkylation sites (N-methyl/N-ethyl adjacent to an activating group) is 1. The quantitative estimate of drug-likeness (QED) is 0.701. The number of pyridine rings is 1. The summed E-state index contributed by atoms with van der Waals surface area (Å²) in [6, 6.07) is 6.99. The second kappa shape index (κ2) is 6.55. The van der Waals surface area contributed by atoms with Gasteiger partial charge in [-0.15, -0.1) is 0 Å². The molecule has 0 spiro atoms. The Morgan fingerprint density at radius 1 is 1.30 bits per heavy atom. The van der Waals surface area contributed by atoms with Crippen molar-refractivity contribution >= 4 is 5.82 Å². The van der Waals surface area contributed by atoms with E-state index in [1.54, 1.807) is 0 Å². The smallest absolute Gasteiger partial charge is 0.128 e. The van der Waals surface area contributed by atoms with Crippen molar-refractivity contribution in [3.05, 3.63) is 23.9 Å². The standard InChI is InChI=1S/C16H25N3O/c1-19(9-10-20-12-13-5-6-13)16-4-2-3-15(18-16)11-17-14-7-8-14/h2-4,13-14,17H,5-12H2,1H3. The lowest BCUT2D eigenvalue weighted by Gasteiger charge is -2.19. The van der Waals surface area contributed by atoms with E-state index in [1.165, 1.54) is 25.7 Å². The van der Waals surface area contributed by atoms with Gasteiger partial charge in [0.2, 0.25) is 0 Å². The molecular weight excluding hydrogens is 250 g/mol. The molecule has 1 aromatic rings. The molecule has 1 aromatic heterocycles. The van der Waals surface area contributed by atoms with Crippen molar-refractivity contribution in [3.63, 3.8) is 0 Å². The van der Waals surface area contributed by atoms with Gasteiger partial charge in [0.05, 0.1) is 12.3 Å². The van der Waals surface area contributed by atoms with Gasteiger partial charge >= 0.3 is 0 Å². The highest BCUT2D eigenvalue weighted by Gasteiger charge is 2.21. The number of nitrogens with zero attached hydrogens (tertiary/aromatic N) is 2. The molecule has 0 radical (unpaired) electrons. The summed E-state index contributed by atoms with van der Waals surface area (Å²) >= 11 is 0. The zero-order valence-corrected chi connectivity index (χ0v) is 12.3. The van der Waals surface area contributed by atoms with Crippen LogP contribution in [0.3, 0.4) is 0 Å². The second-order valence-electron chi connectivity index (χ2n) is 6.08. The van der Waals surface area contributed by atoms with E-state index in [0.29, 0.717) is 0 Å². The lowest BCUT2D eigenvalue weighted by atomic mass is 10.3. The van der Waals surface area contributed by atoms with Crippen LogP contribution in [0.4, 0.5) is 5.82 Å². The van der Waals surface area contributed by atoms with Gasteiger partial charge in [-0.2, -0.15) is 0 Å². The minimum Gasteiger partial charge on any atom is -0.379 e. The maximum Gasteiger partial charge on any atom is 0.128 e. The van der Waals surface area contributed by atoms with Crippen molar-refractivity contribution in [2.24, 2.45) is 5.92 Å². The van der Waals surface area contributed by atoms with Crippen LogP contribution in [0.2, 0.25) is 0 Å². The van der Waals surface area contributed by atoms with E-state index >= 15 is 0 Å². The summed E-state index contributed by atoms with van der Waals surface area (Å²) in [5, 5.41) is 3.51. The van der Waals surface area contributed by atoms with Crippen LogP contribution in [0.1, 0.15) is 31.4 Å². The van der Waals surface area contributed by atoms with Crippen molar-refractivity contribution in [3.8, 4) is 0 Å². The minimum absolute atomic E-state index is 0.731. The largest absolute Gasteiger partial charge is 0.379 e. The van der Waals surface area contributed by atoms with Crippen LogP contribution in [0, 0.1) is 5.92 Å². The molecule has 110 valence electrons. The highest BCUT2D eigenvalue weighted by Crippen LogP contribution is 2.28. The number of aromatic nitrogens is 1. The molecule has 0 atom stereocenters. The maximum absolute atomic E-state index is 5.69. The number of anilines is 1. The van der Waals surface area contributed by atoms with E-state index in [1.807, 2.05) is 0 Å². The molecule has 20 heavy (non-hydrogen) atoms. The molecule has 0 bridgehead atoms. The molecule has 2 aliphatic carbocycles. The van der Waals surface area contributed by atoms with E-state index in [2.05, 4.69) is 35.5 Å². The van der Waals surface area contributed by atoms with Crippen molar-refractivity contribution in [2.45, 2.75) is 38.3 Å². The van der Waals surface area contributed by atoms with Gasteiger partial charge in [0, 0.05) is 32.8 Å². The zero-order chi connectivity index (χ0) is 13.8. The minimum atomic E-state index is 0.731. The second-order valence-corrected chi connectivity index (χ2v) is 6.08. The molecule has 0 saturated heterocycles. The monoisotopic (exact) mass is 275 g/mol. The highest BCUT2D eigenvalue weighted by molar-refractivity contribution is 5.38. The first kappa shape index (κ1) is 13.8. The third kappa shape index (κ3) is 4.46. The molecule has 0 amide bonds. The van der Waals surface area contributed by atoms with Crippen molar-refractivity contribution in [2.75, 3.05) is 31.7 Å². The van der Waals surface area contributed by atoms with E-state index in [4.69, 9.17) is 9.72 Å². The van der Waals surface area contributed by atoms with E-state index in [0.717, 1.165) is 49.8 Å². The van der Waals surface area contributed by atoms with Crippen LogP contribution in [0.15, 0.2) is 18.2 Å². The van der Waals surface area contributed by atoms with Crippen LogP contribution in [-0.2, 0) is 11.3 Å². The lowest BCUT2D eigenvalue weighted by Crippen LogP contribution is -2.24. The predicted octanol–water partition coefficient (Wildman–Crippen LogP) is 2.20. The van der Waals surface area contributed by atoms with Gasteiger partial charge in [0.1, 0.15) is 5.82 Å². The Morgan fingerprint density at radius 2 is 2.15 bits per heavy atom. The maximum atomic E-state index is 5.69. The van der Waals surface area contributed by atoms with Gasteiger partial charge in [0.15, 0.2) is 0 Å². The summed E-state index contributed by atoms with van der Waals surface area (Å²) < 4.78 is 5.69. The molecule has 1 N–H and O–H groups in total. The first-order chi connectivity index (χ1) is 9.81. The Labute approximate surface area is 121 Å². The van der Waals surface area contributed by atoms with Crippen molar-refractivity contribution in [1.82, 2.24) is 10.3 Å². The fourth-order valence-corrected chi connectivity index (χ4v) is 2.16. The molecule has 1 heterocycles. The molecule has 2 fully saturated rings. The summed E-state index contributed by atoms with van der Waals surface area (Å²) in [5.41, 5.74) is 1.13. The van der Waals surface area contributed by atoms with E-state index in [9.17, 15) is 0 Å². The van der Waals surface area contributed by atoms with Crippen LogP contribution < -0.4 is 10.2 Å². The highest BCUT2D eigenvalue weighted by atomic mass is 16.5. The number of hydrogen-bond acceptors (Lipinski definition) is 4. The number of nitrogens with one attached hydrogen (secondary N) is 1. The zero-order valence-electron chi connectivity index (χ0n) is 12.3. The Hall–Kier alpha value is -1.13. The van der Waals surface area contributed by atoms with E-state index in [-0.39, 0.29) is 0 Å². The average molecular weight is 275 g/mol. The third-order valence-electron chi connectivity index (χ3n) is 3.95. The molecule has 3 rings (SSSR count). The summed E-state index contributed by atoms with van der Waals surface area (Å²) in [6.45, 7) is 3.51. The first-order valence-electron chi connectivity index (χ1n) is 7.79. The molecule has 4 nitrogen and oxygen atoms in total. The van der Waals surface area contributed by atoms with Gasteiger partial charge in [-0.05, 0) is 43.7 Å². The average Bonchev–Trinajstić information content (AvgIpc) is 3.36. The Morgan fingerprint density at radius 3 is 2.90 bits per heavy atom. The summed E-state index contributed by atoms with van der Waals surface area (Å²) in [5.74, 6) is 1.88. The molecule has 2 aliphatic rings. The molecular formula is C16H25N3O. The van der Waals surface area contributed by atoms with Crippen molar-refractivity contribution < 1.29 is 4.74 Å². The van der Waals surface area contributed by atoms with Gasteiger partial charge in [-0.25, -0.2) is 4.98 Å². The predicted molar refractivity (Wildman–Crippen MR) is 80.9 cm³/mol. The van der Waals surface area contributed by atoms with E-state index < -0.39 is 0 Å². The fraction of sp³-hybridized carbons (Fsp3) is 0.688. The third-order valence-corrected chi connectivity index (χ3v) is 3.95. The molecule has 0 aromatic carbocycles. The SMILES string of the molecule is CN(CCOCC1CC1)c1cccc(CNC2CC2)n1. The number of ether oxygens (including phenoxy) is 1. The molecule has 0 unspecified atom stereocenters. The summed E-state index contributed by atoms with van der Waals surface area (Å²) in [4.78, 5) is 6.88. The van der Waals surface area contributed by atoms with Gasteiger partial charge in [0.25, 0.3) is 0 Å². The topological polar surface area (TPSA) is 37.4 Å². The lowest BCUT2D eigenvalue weighted by molar-refractivity contribution is 0.131. The molecule has 4 heteroatoms. The van der Waals surface area contributed by atoms with Gasteiger partial charge in [-0.3, -0.25) is 0 Å². The molecule has 0 aliphatic heterocycles. The normalized spacial score (nSPS) is 18.2. The Kier molecular flexibility index (Phi) is 4.53. The van der Waals surface area contributed by atoms with Crippen molar-refractivity contribution in [1.29, 1.82) is 0 Å². The van der Waals surface area contributed by atoms with Gasteiger partial charge in [-0.1, -0.05) is 6.07 Å². The van der Waals surface area contributed by atoms with Gasteiger partial charge < -0.3 is 15.0 Å². The van der Waals surface area contributed by atoms with Crippen LogP contribution >= 0.6 is 0 Å². The van der Waals surface area contributed by atoms with Crippen LogP contribution in [0.5, 0.6) is 0 Å². The summed E-state index contributed by atoms with van der Waals surface area (Å²) in [6.07, 6.45) is 5.34. The number of hydrogen-bond donors (Lipinski definition) is 1. The molecule has 2 saturated carbocycles. The van der Waals surface area contributed by atoms with Crippen LogP contribution in [-0.4, -0.2) is 37.8 Å². The number of rotatable bonds is 9. The van der Waals surface area contributed by atoms with Crippen LogP contribution in [0.25, 0.3) is 0 Å². The summed E-state index contributed by atoms with van der Waals surface area (Å²) in [7, 11) is 2.08. The Bertz CT molecular complexity index is 429.